The van der Waals surface area contributed by atoms with Crippen molar-refractivity contribution < 1.29 is 19.1 Å². The van der Waals surface area contributed by atoms with Crippen molar-refractivity contribution in [1.29, 1.82) is 0 Å². The molecule has 0 aromatic heterocycles. The van der Waals surface area contributed by atoms with Crippen LogP contribution in [0.5, 0.6) is 0 Å². The first-order valence-electron chi connectivity index (χ1n) is 5.25. The Bertz CT molecular complexity index is 227. The molecule has 0 heterocycles. The molecule has 0 spiro atoms. The maximum absolute atomic E-state index is 11.3. The Morgan fingerprint density at radius 2 is 1.38 bits per heavy atom. The molecule has 0 amide bonds. The van der Waals surface area contributed by atoms with Gasteiger partial charge in [-0.2, -0.15) is 0 Å². The number of hydrogen-bond acceptors (Lipinski definition) is 4. The van der Waals surface area contributed by atoms with Crippen molar-refractivity contribution in [3.8, 4) is 0 Å². The molecule has 0 aliphatic heterocycles. The van der Waals surface area contributed by atoms with Gasteiger partial charge in [0.2, 0.25) is 0 Å². The molecule has 0 saturated heterocycles. The van der Waals surface area contributed by atoms with Gasteiger partial charge in [-0.25, -0.2) is 0 Å². The molecule has 1 radical (unpaired) electrons. The minimum absolute atomic E-state index is 0.0159. The summed E-state index contributed by atoms with van der Waals surface area (Å²) < 4.78 is 9.73. The van der Waals surface area contributed by atoms with E-state index in [1.165, 1.54) is 6.61 Å². The van der Waals surface area contributed by atoms with E-state index in [4.69, 9.17) is 9.47 Å². The molecule has 0 fully saturated rings. The van der Waals surface area contributed by atoms with E-state index in [2.05, 4.69) is 0 Å². The second-order valence-electron chi connectivity index (χ2n) is 5.67. The molecule has 0 N–H and O–H groups in total. The molecule has 4 heteroatoms. The highest BCUT2D eigenvalue weighted by Crippen LogP contribution is 2.17. The molecule has 0 aromatic rings. The van der Waals surface area contributed by atoms with E-state index in [1.807, 2.05) is 0 Å². The number of carbonyl (C=O) groups excluding carboxylic acids is 2. The molecule has 16 heavy (non-hydrogen) atoms. The van der Waals surface area contributed by atoms with E-state index in [9.17, 15) is 9.59 Å². The molecular formula is C12H21O4. The van der Waals surface area contributed by atoms with Crippen molar-refractivity contribution in [2.24, 2.45) is 10.8 Å². The highest BCUT2D eigenvalue weighted by atomic mass is 16.6. The minimum atomic E-state index is -0.551. The lowest BCUT2D eigenvalue weighted by atomic mass is 9.97. The standard InChI is InChI=1S/C12H21O4/c1-11(2,3)9(13)15-7-8-16-10(14)12(4,5)6/h7H,8H2,1-6H3. The zero-order valence-electron chi connectivity index (χ0n) is 10.9. The average Bonchev–Trinajstić information content (AvgIpc) is 2.08. The lowest BCUT2D eigenvalue weighted by molar-refractivity contribution is -0.157. The van der Waals surface area contributed by atoms with E-state index >= 15 is 0 Å². The van der Waals surface area contributed by atoms with Crippen LogP contribution in [0.1, 0.15) is 41.5 Å². The number of ether oxygens (including phenoxy) is 2. The monoisotopic (exact) mass is 229 g/mol. The van der Waals surface area contributed by atoms with Crippen molar-refractivity contribution in [2.75, 3.05) is 6.61 Å². The molecular weight excluding hydrogens is 208 g/mol. The predicted molar refractivity (Wildman–Crippen MR) is 60.3 cm³/mol. The summed E-state index contributed by atoms with van der Waals surface area (Å²) in [5.41, 5.74) is -1.09. The molecule has 4 nitrogen and oxygen atoms in total. The van der Waals surface area contributed by atoms with Gasteiger partial charge in [0.25, 0.3) is 0 Å². The van der Waals surface area contributed by atoms with E-state index in [0.717, 1.165) is 0 Å². The molecule has 0 aliphatic carbocycles. The van der Waals surface area contributed by atoms with Gasteiger partial charge in [-0.05, 0) is 41.5 Å². The lowest BCUT2D eigenvalue weighted by Crippen LogP contribution is -2.25. The highest BCUT2D eigenvalue weighted by molar-refractivity contribution is 5.76. The fourth-order valence-corrected chi connectivity index (χ4v) is 0.613. The Morgan fingerprint density at radius 1 is 0.938 bits per heavy atom. The van der Waals surface area contributed by atoms with Crippen LogP contribution in [0.25, 0.3) is 0 Å². The number of hydrogen-bond donors (Lipinski definition) is 0. The SMILES string of the molecule is CC(C)(C)C(=O)O[CH]COC(=O)C(C)(C)C. The zero-order valence-corrected chi connectivity index (χ0v) is 10.9. The third-order valence-corrected chi connectivity index (χ3v) is 1.70. The summed E-state index contributed by atoms with van der Waals surface area (Å²) in [5.74, 6) is -0.671. The second kappa shape index (κ2) is 5.32. The second-order valence-corrected chi connectivity index (χ2v) is 5.67. The topological polar surface area (TPSA) is 52.6 Å². The third-order valence-electron chi connectivity index (χ3n) is 1.70. The van der Waals surface area contributed by atoms with Crippen LogP contribution in [0.3, 0.4) is 0 Å². The first kappa shape index (κ1) is 14.9. The van der Waals surface area contributed by atoms with Gasteiger partial charge in [0.15, 0.2) is 6.61 Å². The van der Waals surface area contributed by atoms with E-state index in [0.29, 0.717) is 0 Å². The van der Waals surface area contributed by atoms with Crippen molar-refractivity contribution in [2.45, 2.75) is 41.5 Å². The first-order valence-corrected chi connectivity index (χ1v) is 5.25. The average molecular weight is 229 g/mol. The Kier molecular flexibility index (Phi) is 4.97. The molecule has 0 aliphatic rings. The Labute approximate surface area is 97.3 Å². The molecule has 93 valence electrons. The summed E-state index contributed by atoms with van der Waals surface area (Å²) >= 11 is 0. The number of esters is 2. The Balaban J connectivity index is 3.79. The van der Waals surface area contributed by atoms with Gasteiger partial charge in [-0.3, -0.25) is 9.59 Å². The van der Waals surface area contributed by atoms with Gasteiger partial charge < -0.3 is 9.47 Å². The lowest BCUT2D eigenvalue weighted by Gasteiger charge is -2.18. The normalized spacial score (nSPS) is 12.1. The number of rotatable bonds is 3. The zero-order chi connectivity index (χ0) is 13.0. The van der Waals surface area contributed by atoms with Crippen LogP contribution in [0.15, 0.2) is 0 Å². The van der Waals surface area contributed by atoms with Crippen LogP contribution in [0.2, 0.25) is 0 Å². The van der Waals surface area contributed by atoms with Gasteiger partial charge in [-0.1, -0.05) is 0 Å². The van der Waals surface area contributed by atoms with Crippen LogP contribution in [-0.4, -0.2) is 18.5 Å². The van der Waals surface area contributed by atoms with Gasteiger partial charge in [0.05, 0.1) is 10.8 Å². The summed E-state index contributed by atoms with van der Waals surface area (Å²) in [6.07, 6.45) is 0. The fraction of sp³-hybridized carbons (Fsp3) is 0.750. The van der Waals surface area contributed by atoms with E-state index < -0.39 is 10.8 Å². The predicted octanol–water partition coefficient (Wildman–Crippen LogP) is 2.33. The maximum atomic E-state index is 11.3. The van der Waals surface area contributed by atoms with Crippen molar-refractivity contribution in [3.63, 3.8) is 0 Å². The van der Waals surface area contributed by atoms with Crippen molar-refractivity contribution in [3.05, 3.63) is 6.61 Å². The maximum Gasteiger partial charge on any atom is 0.311 e. The Hall–Kier alpha value is -1.06. The largest absolute Gasteiger partial charge is 0.461 e. The minimum Gasteiger partial charge on any atom is -0.461 e. The van der Waals surface area contributed by atoms with Crippen LogP contribution in [0, 0.1) is 17.4 Å². The fourth-order valence-electron chi connectivity index (χ4n) is 0.613. The third kappa shape index (κ3) is 5.73. The van der Waals surface area contributed by atoms with Gasteiger partial charge in [0, 0.05) is 0 Å². The van der Waals surface area contributed by atoms with Gasteiger partial charge in [-0.15, -0.1) is 0 Å². The molecule has 0 aromatic carbocycles. The first-order chi connectivity index (χ1) is 7.05. The molecule has 0 unspecified atom stereocenters. The van der Waals surface area contributed by atoms with Crippen LogP contribution in [0.4, 0.5) is 0 Å². The molecule has 0 atom stereocenters. The molecule has 0 rings (SSSR count). The van der Waals surface area contributed by atoms with Crippen molar-refractivity contribution in [1.82, 2.24) is 0 Å². The molecule has 0 bridgehead atoms. The van der Waals surface area contributed by atoms with Gasteiger partial charge in [0.1, 0.15) is 6.61 Å². The summed E-state index contributed by atoms with van der Waals surface area (Å²) in [6.45, 7) is 11.7. The Morgan fingerprint density at radius 3 is 1.75 bits per heavy atom. The summed E-state index contributed by atoms with van der Waals surface area (Å²) in [4.78, 5) is 22.6. The van der Waals surface area contributed by atoms with E-state index in [-0.39, 0.29) is 18.5 Å². The van der Waals surface area contributed by atoms with Crippen molar-refractivity contribution >= 4 is 11.9 Å². The van der Waals surface area contributed by atoms with Gasteiger partial charge >= 0.3 is 11.9 Å². The number of carbonyl (C=O) groups is 2. The summed E-state index contributed by atoms with van der Waals surface area (Å²) in [7, 11) is 0. The molecule has 0 saturated carbocycles. The van der Waals surface area contributed by atoms with E-state index in [1.54, 1.807) is 41.5 Å². The van der Waals surface area contributed by atoms with Crippen LogP contribution >= 0.6 is 0 Å². The van der Waals surface area contributed by atoms with Crippen LogP contribution < -0.4 is 0 Å². The summed E-state index contributed by atoms with van der Waals surface area (Å²) in [5, 5.41) is 0. The smallest absolute Gasteiger partial charge is 0.311 e. The summed E-state index contributed by atoms with van der Waals surface area (Å²) in [6, 6.07) is 0. The highest BCUT2D eigenvalue weighted by Gasteiger charge is 2.25. The quantitative estimate of drug-likeness (QED) is 0.550. The van der Waals surface area contributed by atoms with Crippen LogP contribution in [-0.2, 0) is 19.1 Å².